The van der Waals surface area contributed by atoms with Crippen LogP contribution in [0.2, 0.25) is 0 Å². The number of nitrogens with one attached hydrogen (secondary N) is 1. The molecule has 0 amide bonds. The third-order valence-corrected chi connectivity index (χ3v) is 2.88. The van der Waals surface area contributed by atoms with Gasteiger partial charge in [0, 0.05) is 18.5 Å². The smallest absolute Gasteiger partial charge is 0.0795 e. The highest BCUT2D eigenvalue weighted by Gasteiger charge is 2.19. The van der Waals surface area contributed by atoms with Crippen molar-refractivity contribution in [2.75, 3.05) is 6.54 Å². The number of rotatable bonds is 6. The SMILES string of the molecule is CC(O)CC(C)(C)CNCc1cscn1. The van der Waals surface area contributed by atoms with E-state index in [1.54, 1.807) is 11.3 Å². The molecule has 3 nitrogen and oxygen atoms in total. The Labute approximate surface area is 95.6 Å². The molecule has 0 aliphatic rings. The van der Waals surface area contributed by atoms with Crippen LogP contribution < -0.4 is 5.32 Å². The van der Waals surface area contributed by atoms with Gasteiger partial charge < -0.3 is 10.4 Å². The molecule has 0 fully saturated rings. The summed E-state index contributed by atoms with van der Waals surface area (Å²) >= 11 is 1.62. The molecule has 15 heavy (non-hydrogen) atoms. The van der Waals surface area contributed by atoms with Crippen LogP contribution in [-0.2, 0) is 6.54 Å². The molecule has 86 valence electrons. The lowest BCUT2D eigenvalue weighted by molar-refractivity contribution is 0.128. The van der Waals surface area contributed by atoms with E-state index in [0.29, 0.717) is 0 Å². The summed E-state index contributed by atoms with van der Waals surface area (Å²) in [5, 5.41) is 14.7. The predicted molar refractivity (Wildman–Crippen MR) is 63.9 cm³/mol. The Hall–Kier alpha value is -0.450. The highest BCUT2D eigenvalue weighted by Crippen LogP contribution is 2.21. The number of nitrogens with zero attached hydrogens (tertiary/aromatic N) is 1. The van der Waals surface area contributed by atoms with Crippen molar-refractivity contribution in [2.45, 2.75) is 39.8 Å². The first kappa shape index (κ1) is 12.6. The maximum absolute atomic E-state index is 9.33. The van der Waals surface area contributed by atoms with Gasteiger partial charge in [-0.3, -0.25) is 0 Å². The molecule has 1 aromatic rings. The molecule has 2 N–H and O–H groups in total. The Morgan fingerprint density at radius 1 is 1.60 bits per heavy atom. The van der Waals surface area contributed by atoms with Gasteiger partial charge in [-0.25, -0.2) is 4.98 Å². The first-order valence-corrected chi connectivity index (χ1v) is 6.20. The molecule has 4 heteroatoms. The molecule has 1 aromatic heterocycles. The normalized spacial score (nSPS) is 14.1. The first-order chi connectivity index (χ1) is 6.99. The molecule has 1 unspecified atom stereocenters. The predicted octanol–water partition coefficient (Wildman–Crippen LogP) is 2.03. The molecule has 0 radical (unpaired) electrons. The van der Waals surface area contributed by atoms with Crippen LogP contribution in [0.5, 0.6) is 0 Å². The van der Waals surface area contributed by atoms with Crippen LogP contribution in [-0.4, -0.2) is 22.7 Å². The summed E-state index contributed by atoms with van der Waals surface area (Å²) in [6.07, 6.45) is 0.581. The fraction of sp³-hybridized carbons (Fsp3) is 0.727. The highest BCUT2D eigenvalue weighted by atomic mass is 32.1. The van der Waals surface area contributed by atoms with Crippen LogP contribution in [0, 0.1) is 5.41 Å². The molecule has 0 aliphatic heterocycles. The summed E-state index contributed by atoms with van der Waals surface area (Å²) in [6.45, 7) is 7.87. The lowest BCUT2D eigenvalue weighted by Gasteiger charge is -2.26. The van der Waals surface area contributed by atoms with E-state index in [4.69, 9.17) is 0 Å². The number of thiazole rings is 1. The molecule has 0 saturated heterocycles. The maximum Gasteiger partial charge on any atom is 0.0795 e. The minimum Gasteiger partial charge on any atom is -0.393 e. The first-order valence-electron chi connectivity index (χ1n) is 5.25. The van der Waals surface area contributed by atoms with Gasteiger partial charge in [-0.2, -0.15) is 0 Å². The molecular weight excluding hydrogens is 208 g/mol. The molecule has 0 aliphatic carbocycles. The number of hydrogen-bond donors (Lipinski definition) is 2. The quantitative estimate of drug-likeness (QED) is 0.783. The number of aromatic nitrogens is 1. The van der Waals surface area contributed by atoms with Gasteiger partial charge in [0.2, 0.25) is 0 Å². The van der Waals surface area contributed by atoms with Crippen molar-refractivity contribution in [1.82, 2.24) is 10.3 Å². The van der Waals surface area contributed by atoms with Gasteiger partial charge in [-0.1, -0.05) is 13.8 Å². The summed E-state index contributed by atoms with van der Waals surface area (Å²) < 4.78 is 0. The largest absolute Gasteiger partial charge is 0.393 e. The van der Waals surface area contributed by atoms with Gasteiger partial charge in [0.15, 0.2) is 0 Å². The molecule has 1 atom stereocenters. The van der Waals surface area contributed by atoms with Gasteiger partial charge >= 0.3 is 0 Å². The average molecular weight is 228 g/mol. The van der Waals surface area contributed by atoms with E-state index in [1.807, 2.05) is 12.4 Å². The van der Waals surface area contributed by atoms with Gasteiger partial charge in [0.25, 0.3) is 0 Å². The van der Waals surface area contributed by atoms with Crippen molar-refractivity contribution in [3.8, 4) is 0 Å². The van der Waals surface area contributed by atoms with Gasteiger partial charge in [-0.05, 0) is 18.8 Å². The second kappa shape index (κ2) is 5.58. The van der Waals surface area contributed by atoms with Crippen molar-refractivity contribution in [3.05, 3.63) is 16.6 Å². The standard InChI is InChI=1S/C11H20N2OS/c1-9(14)4-11(2,3)7-12-5-10-6-15-8-13-10/h6,8-9,12,14H,4-5,7H2,1-3H3. The van der Waals surface area contributed by atoms with Crippen LogP contribution >= 0.6 is 11.3 Å². The van der Waals surface area contributed by atoms with E-state index in [1.165, 1.54) is 0 Å². The lowest BCUT2D eigenvalue weighted by atomic mass is 9.87. The fourth-order valence-electron chi connectivity index (χ4n) is 1.73. The third kappa shape index (κ3) is 5.25. The van der Waals surface area contributed by atoms with Crippen LogP contribution in [0.4, 0.5) is 0 Å². The lowest BCUT2D eigenvalue weighted by Crippen LogP contribution is -2.31. The van der Waals surface area contributed by atoms with E-state index in [0.717, 1.165) is 25.2 Å². The van der Waals surface area contributed by atoms with Crippen molar-refractivity contribution in [2.24, 2.45) is 5.41 Å². The van der Waals surface area contributed by atoms with Gasteiger partial charge in [-0.15, -0.1) is 11.3 Å². The molecule has 0 saturated carbocycles. The molecule has 0 aromatic carbocycles. The van der Waals surface area contributed by atoms with Gasteiger partial charge in [0.1, 0.15) is 0 Å². The summed E-state index contributed by atoms with van der Waals surface area (Å²) in [6, 6.07) is 0. The second-order valence-corrected chi connectivity index (χ2v) is 5.52. The third-order valence-electron chi connectivity index (χ3n) is 2.24. The molecule has 1 heterocycles. The molecule has 0 spiro atoms. The fourth-order valence-corrected chi connectivity index (χ4v) is 2.28. The van der Waals surface area contributed by atoms with E-state index in [-0.39, 0.29) is 11.5 Å². The Kier molecular flexibility index (Phi) is 4.70. The van der Waals surface area contributed by atoms with Crippen molar-refractivity contribution >= 4 is 11.3 Å². The zero-order chi connectivity index (χ0) is 11.3. The Morgan fingerprint density at radius 2 is 2.33 bits per heavy atom. The monoisotopic (exact) mass is 228 g/mol. The van der Waals surface area contributed by atoms with E-state index >= 15 is 0 Å². The minimum atomic E-state index is -0.235. The van der Waals surface area contributed by atoms with Gasteiger partial charge in [0.05, 0.1) is 17.3 Å². The molecule has 0 bridgehead atoms. The summed E-state index contributed by atoms with van der Waals surface area (Å²) in [5.74, 6) is 0. The Bertz CT molecular complexity index is 270. The Morgan fingerprint density at radius 3 is 2.87 bits per heavy atom. The number of hydrogen-bond acceptors (Lipinski definition) is 4. The molecular formula is C11H20N2OS. The zero-order valence-corrected chi connectivity index (χ0v) is 10.5. The summed E-state index contributed by atoms with van der Waals surface area (Å²) in [4.78, 5) is 4.20. The van der Waals surface area contributed by atoms with Crippen molar-refractivity contribution in [1.29, 1.82) is 0 Å². The van der Waals surface area contributed by atoms with Crippen molar-refractivity contribution < 1.29 is 5.11 Å². The topological polar surface area (TPSA) is 45.1 Å². The number of aliphatic hydroxyl groups excluding tert-OH is 1. The second-order valence-electron chi connectivity index (χ2n) is 4.80. The van der Waals surface area contributed by atoms with E-state index in [9.17, 15) is 5.11 Å². The Balaban J connectivity index is 2.24. The number of aliphatic hydroxyl groups is 1. The van der Waals surface area contributed by atoms with Crippen LogP contribution in [0.1, 0.15) is 32.9 Å². The van der Waals surface area contributed by atoms with E-state index < -0.39 is 0 Å². The van der Waals surface area contributed by atoms with E-state index in [2.05, 4.69) is 29.5 Å². The summed E-state index contributed by atoms with van der Waals surface area (Å²) in [7, 11) is 0. The maximum atomic E-state index is 9.33. The summed E-state index contributed by atoms with van der Waals surface area (Å²) in [5.41, 5.74) is 3.06. The molecule has 1 rings (SSSR count). The van der Waals surface area contributed by atoms with Crippen LogP contribution in [0.25, 0.3) is 0 Å². The van der Waals surface area contributed by atoms with Crippen molar-refractivity contribution in [3.63, 3.8) is 0 Å². The average Bonchev–Trinajstić information content (AvgIpc) is 2.53. The highest BCUT2D eigenvalue weighted by molar-refractivity contribution is 7.07. The van der Waals surface area contributed by atoms with Crippen LogP contribution in [0.3, 0.4) is 0 Å². The zero-order valence-electron chi connectivity index (χ0n) is 9.66. The minimum absolute atomic E-state index is 0.129. The van der Waals surface area contributed by atoms with Crippen LogP contribution in [0.15, 0.2) is 10.9 Å².